The molecule has 0 unspecified atom stereocenters. The lowest BCUT2D eigenvalue weighted by molar-refractivity contribution is 0.0757. The van der Waals surface area contributed by atoms with Crippen LogP contribution in [-0.4, -0.2) is 39.4 Å². The molecule has 3 nitrogen and oxygen atoms in total. The van der Waals surface area contributed by atoms with Crippen molar-refractivity contribution < 1.29 is 9.18 Å². The van der Waals surface area contributed by atoms with Crippen molar-refractivity contribution in [3.8, 4) is 0 Å². The Kier molecular flexibility index (Phi) is 3.90. The van der Waals surface area contributed by atoms with Crippen molar-refractivity contribution in [3.05, 3.63) is 29.8 Å². The van der Waals surface area contributed by atoms with E-state index in [-0.39, 0.29) is 16.3 Å². The largest absolute Gasteiger partial charge is 0.336 e. The quantitative estimate of drug-likeness (QED) is 0.734. The smallest absolute Gasteiger partial charge is 0.272 e. The number of nitrogens with zero attached hydrogens (tertiary/aromatic N) is 2. The molecule has 18 heavy (non-hydrogen) atoms. The minimum atomic E-state index is -0.606. The molecule has 0 saturated carbocycles. The number of amides is 1. The molecule has 1 fully saturated rings. The number of pyridine rings is 1. The monoisotopic (exact) mass is 268 g/mol. The second kappa shape index (κ2) is 5.26. The zero-order chi connectivity index (χ0) is 13.2. The van der Waals surface area contributed by atoms with E-state index in [9.17, 15) is 9.18 Å². The molecular formula is C13H17FN2OS. The average molecular weight is 268 g/mol. The highest BCUT2D eigenvalue weighted by atomic mass is 32.2. The molecule has 1 amide bonds. The zero-order valence-corrected chi connectivity index (χ0v) is 11.5. The second-order valence-electron chi connectivity index (χ2n) is 5.00. The number of carbonyl (C=O) groups excluding carboxylic acids is 1. The Balaban J connectivity index is 2.10. The number of hydrogen-bond acceptors (Lipinski definition) is 3. The standard InChI is InChI=1S/C13H17FN2OS/c1-13(2)6-7-16(8-9-18-13)12(17)10-4-3-5-11(14)15-10/h3-5H,6-9H2,1-2H3. The Labute approximate surface area is 111 Å². The Hall–Kier alpha value is -1.10. The van der Waals surface area contributed by atoms with Gasteiger partial charge in [-0.25, -0.2) is 4.98 Å². The summed E-state index contributed by atoms with van der Waals surface area (Å²) in [6, 6.07) is 4.33. The number of hydrogen-bond donors (Lipinski definition) is 0. The molecule has 0 atom stereocenters. The predicted octanol–water partition coefficient (Wildman–Crippen LogP) is 2.58. The summed E-state index contributed by atoms with van der Waals surface area (Å²) in [6.07, 6.45) is 0.943. The van der Waals surface area contributed by atoms with Gasteiger partial charge in [0.15, 0.2) is 0 Å². The maximum absolute atomic E-state index is 13.0. The first-order valence-corrected chi connectivity index (χ1v) is 7.02. The molecule has 0 spiro atoms. The van der Waals surface area contributed by atoms with Gasteiger partial charge >= 0.3 is 0 Å². The van der Waals surface area contributed by atoms with Gasteiger partial charge in [-0.1, -0.05) is 19.9 Å². The highest BCUT2D eigenvalue weighted by Crippen LogP contribution is 2.30. The third-order valence-corrected chi connectivity index (χ3v) is 4.43. The minimum Gasteiger partial charge on any atom is -0.336 e. The third-order valence-electron chi connectivity index (χ3n) is 3.06. The highest BCUT2D eigenvalue weighted by Gasteiger charge is 2.26. The van der Waals surface area contributed by atoms with Crippen molar-refractivity contribution in [2.45, 2.75) is 25.0 Å². The maximum Gasteiger partial charge on any atom is 0.272 e. The van der Waals surface area contributed by atoms with Crippen LogP contribution >= 0.6 is 11.8 Å². The van der Waals surface area contributed by atoms with Crippen molar-refractivity contribution in [1.29, 1.82) is 0 Å². The molecule has 98 valence electrons. The lowest BCUT2D eigenvalue weighted by Gasteiger charge is -2.22. The molecule has 1 aromatic rings. The van der Waals surface area contributed by atoms with E-state index in [2.05, 4.69) is 18.8 Å². The van der Waals surface area contributed by atoms with Crippen molar-refractivity contribution in [3.63, 3.8) is 0 Å². The van der Waals surface area contributed by atoms with Gasteiger partial charge in [-0.2, -0.15) is 16.2 Å². The van der Waals surface area contributed by atoms with E-state index >= 15 is 0 Å². The molecule has 0 aliphatic carbocycles. The van der Waals surface area contributed by atoms with Crippen molar-refractivity contribution >= 4 is 17.7 Å². The van der Waals surface area contributed by atoms with E-state index in [1.807, 2.05) is 11.8 Å². The number of carbonyl (C=O) groups is 1. The molecule has 2 heterocycles. The molecule has 0 radical (unpaired) electrons. The van der Waals surface area contributed by atoms with Gasteiger partial charge in [-0.15, -0.1) is 0 Å². The minimum absolute atomic E-state index is 0.173. The highest BCUT2D eigenvalue weighted by molar-refractivity contribution is 8.00. The Morgan fingerprint density at radius 3 is 2.94 bits per heavy atom. The Morgan fingerprint density at radius 2 is 2.22 bits per heavy atom. The van der Waals surface area contributed by atoms with Gasteiger partial charge in [-0.05, 0) is 18.6 Å². The van der Waals surface area contributed by atoms with Gasteiger partial charge in [0.05, 0.1) is 0 Å². The Morgan fingerprint density at radius 1 is 1.44 bits per heavy atom. The van der Waals surface area contributed by atoms with Crippen LogP contribution in [0.1, 0.15) is 30.8 Å². The van der Waals surface area contributed by atoms with Crippen molar-refractivity contribution in [2.24, 2.45) is 0 Å². The van der Waals surface area contributed by atoms with Crippen LogP contribution in [0.25, 0.3) is 0 Å². The molecule has 1 aliphatic rings. The van der Waals surface area contributed by atoms with Crippen LogP contribution in [0.2, 0.25) is 0 Å². The van der Waals surface area contributed by atoms with Gasteiger partial charge in [0.1, 0.15) is 5.69 Å². The van der Waals surface area contributed by atoms with Crippen LogP contribution in [0.3, 0.4) is 0 Å². The van der Waals surface area contributed by atoms with E-state index in [1.54, 1.807) is 11.0 Å². The van der Waals surface area contributed by atoms with Gasteiger partial charge in [0, 0.05) is 23.6 Å². The fourth-order valence-corrected chi connectivity index (χ4v) is 3.01. The molecule has 1 aliphatic heterocycles. The van der Waals surface area contributed by atoms with E-state index < -0.39 is 5.95 Å². The van der Waals surface area contributed by atoms with E-state index in [4.69, 9.17) is 0 Å². The topological polar surface area (TPSA) is 33.2 Å². The summed E-state index contributed by atoms with van der Waals surface area (Å²) in [6.45, 7) is 5.78. The number of rotatable bonds is 1. The summed E-state index contributed by atoms with van der Waals surface area (Å²) in [5.41, 5.74) is 0.194. The van der Waals surface area contributed by atoms with Gasteiger partial charge in [-0.3, -0.25) is 4.79 Å². The molecule has 1 saturated heterocycles. The summed E-state index contributed by atoms with van der Waals surface area (Å²) in [5.74, 6) is 0.131. The number of aromatic nitrogens is 1. The normalized spacial score (nSPS) is 19.4. The summed E-state index contributed by atoms with van der Waals surface area (Å²) in [5, 5.41) is 0. The van der Waals surface area contributed by atoms with Gasteiger partial charge in [0.25, 0.3) is 5.91 Å². The van der Waals surface area contributed by atoms with E-state index in [0.29, 0.717) is 13.1 Å². The van der Waals surface area contributed by atoms with Gasteiger partial charge in [0.2, 0.25) is 5.95 Å². The number of halogens is 1. The van der Waals surface area contributed by atoms with E-state index in [0.717, 1.165) is 12.2 Å². The van der Waals surface area contributed by atoms with Crippen LogP contribution in [0.4, 0.5) is 4.39 Å². The van der Waals surface area contributed by atoms with Crippen LogP contribution in [0.15, 0.2) is 18.2 Å². The van der Waals surface area contributed by atoms with Gasteiger partial charge < -0.3 is 4.90 Å². The average Bonchev–Trinajstić information content (AvgIpc) is 2.49. The molecule has 0 bridgehead atoms. The molecule has 2 rings (SSSR count). The summed E-state index contributed by atoms with van der Waals surface area (Å²) in [7, 11) is 0. The SMILES string of the molecule is CC1(C)CCN(C(=O)c2cccc(F)n2)CCS1. The van der Waals surface area contributed by atoms with Crippen LogP contribution in [0, 0.1) is 5.95 Å². The molecule has 0 aromatic carbocycles. The number of thioether (sulfide) groups is 1. The predicted molar refractivity (Wildman–Crippen MR) is 71.3 cm³/mol. The zero-order valence-electron chi connectivity index (χ0n) is 10.6. The first-order chi connectivity index (χ1) is 8.48. The molecular weight excluding hydrogens is 251 g/mol. The molecule has 5 heteroatoms. The fourth-order valence-electron chi connectivity index (χ4n) is 1.91. The second-order valence-corrected chi connectivity index (χ2v) is 6.80. The van der Waals surface area contributed by atoms with E-state index in [1.165, 1.54) is 12.1 Å². The first kappa shape index (κ1) is 13.3. The lowest BCUT2D eigenvalue weighted by atomic mass is 10.1. The summed E-state index contributed by atoms with van der Waals surface area (Å²) < 4.78 is 13.2. The lowest BCUT2D eigenvalue weighted by Crippen LogP contribution is -2.34. The fraction of sp³-hybridized carbons (Fsp3) is 0.538. The van der Waals surface area contributed by atoms with Crippen molar-refractivity contribution in [2.75, 3.05) is 18.8 Å². The van der Waals surface area contributed by atoms with Crippen LogP contribution in [0.5, 0.6) is 0 Å². The Bertz CT molecular complexity index is 450. The third kappa shape index (κ3) is 3.22. The van der Waals surface area contributed by atoms with Crippen molar-refractivity contribution in [1.82, 2.24) is 9.88 Å². The van der Waals surface area contributed by atoms with Crippen LogP contribution in [-0.2, 0) is 0 Å². The maximum atomic E-state index is 13.0. The molecule has 0 N–H and O–H groups in total. The first-order valence-electron chi connectivity index (χ1n) is 6.04. The summed E-state index contributed by atoms with van der Waals surface area (Å²) >= 11 is 1.87. The van der Waals surface area contributed by atoms with Crippen LogP contribution < -0.4 is 0 Å². The molecule has 1 aromatic heterocycles. The summed E-state index contributed by atoms with van der Waals surface area (Å²) in [4.78, 5) is 17.6.